The standard InChI is InChI=1S/C11H16NO3/c1-4-14-5-6-15-10-7-8(2)11(13)9(3)12-10/h7H,4-6H2,1-3H3. The van der Waals surface area contributed by atoms with Crippen molar-refractivity contribution >= 4 is 0 Å². The average molecular weight is 210 g/mol. The van der Waals surface area contributed by atoms with E-state index in [1.807, 2.05) is 6.92 Å². The van der Waals surface area contributed by atoms with Gasteiger partial charge in [0.2, 0.25) is 11.6 Å². The highest BCUT2D eigenvalue weighted by Crippen LogP contribution is 2.23. The average Bonchev–Trinajstić information content (AvgIpc) is 2.21. The lowest BCUT2D eigenvalue weighted by Crippen LogP contribution is -2.07. The van der Waals surface area contributed by atoms with E-state index >= 15 is 0 Å². The lowest BCUT2D eigenvalue weighted by molar-refractivity contribution is 0.108. The summed E-state index contributed by atoms with van der Waals surface area (Å²) < 4.78 is 10.5. The van der Waals surface area contributed by atoms with Gasteiger partial charge in [-0.25, -0.2) is 4.98 Å². The van der Waals surface area contributed by atoms with Crippen LogP contribution >= 0.6 is 0 Å². The Kier molecular flexibility index (Phi) is 4.37. The van der Waals surface area contributed by atoms with Gasteiger partial charge >= 0.3 is 0 Å². The Labute approximate surface area is 89.9 Å². The van der Waals surface area contributed by atoms with E-state index in [0.29, 0.717) is 37.0 Å². The molecule has 0 unspecified atom stereocenters. The summed E-state index contributed by atoms with van der Waals surface area (Å²) in [6, 6.07) is 1.65. The van der Waals surface area contributed by atoms with Crippen LogP contribution in [0.2, 0.25) is 0 Å². The zero-order chi connectivity index (χ0) is 11.3. The first-order chi connectivity index (χ1) is 7.15. The fourth-order valence-electron chi connectivity index (χ4n) is 1.21. The summed E-state index contributed by atoms with van der Waals surface area (Å²) in [7, 11) is 0. The predicted octanol–water partition coefficient (Wildman–Crippen LogP) is 2.26. The number of hydrogen-bond acceptors (Lipinski definition) is 3. The molecule has 0 amide bonds. The van der Waals surface area contributed by atoms with Gasteiger partial charge in [0, 0.05) is 18.2 Å². The van der Waals surface area contributed by atoms with E-state index in [1.54, 1.807) is 19.9 Å². The summed E-state index contributed by atoms with van der Waals surface area (Å²) in [5.74, 6) is 0.469. The van der Waals surface area contributed by atoms with Crippen LogP contribution in [0.1, 0.15) is 18.2 Å². The minimum Gasteiger partial charge on any atom is -0.475 e. The minimum absolute atomic E-state index is 0.0211. The second-order valence-corrected chi connectivity index (χ2v) is 3.24. The van der Waals surface area contributed by atoms with E-state index in [1.165, 1.54) is 0 Å². The van der Waals surface area contributed by atoms with Crippen LogP contribution in [-0.2, 0) is 9.84 Å². The fourth-order valence-corrected chi connectivity index (χ4v) is 1.21. The second kappa shape index (κ2) is 5.56. The van der Waals surface area contributed by atoms with Gasteiger partial charge in [-0.3, -0.25) is 5.11 Å². The number of rotatable bonds is 5. The van der Waals surface area contributed by atoms with Crippen molar-refractivity contribution in [3.63, 3.8) is 0 Å². The number of ether oxygens (including phenoxy) is 2. The Morgan fingerprint density at radius 3 is 2.67 bits per heavy atom. The molecule has 0 saturated carbocycles. The van der Waals surface area contributed by atoms with E-state index in [-0.39, 0.29) is 5.75 Å². The number of pyridine rings is 1. The third kappa shape index (κ3) is 3.40. The van der Waals surface area contributed by atoms with Crippen molar-refractivity contribution in [3.8, 4) is 11.6 Å². The van der Waals surface area contributed by atoms with E-state index in [2.05, 4.69) is 4.98 Å². The topological polar surface area (TPSA) is 51.2 Å². The Morgan fingerprint density at radius 2 is 2.07 bits per heavy atom. The lowest BCUT2D eigenvalue weighted by atomic mass is 10.2. The molecule has 1 heterocycles. The summed E-state index contributed by atoms with van der Waals surface area (Å²) in [6.07, 6.45) is 0. The Hall–Kier alpha value is -1.29. The third-order valence-electron chi connectivity index (χ3n) is 1.99. The maximum atomic E-state index is 11.4. The van der Waals surface area contributed by atoms with E-state index in [4.69, 9.17) is 9.47 Å². The SMILES string of the molecule is CCOCCOc1cc(C)c([O])c(C)n1. The number of hydrogen-bond donors (Lipinski definition) is 0. The summed E-state index contributed by atoms with van der Waals surface area (Å²) in [4.78, 5) is 4.04. The molecule has 0 N–H and O–H groups in total. The molecule has 0 aliphatic heterocycles. The first-order valence-corrected chi connectivity index (χ1v) is 5.01. The molecule has 0 bridgehead atoms. The molecule has 83 valence electrons. The number of aryl methyl sites for hydroxylation is 2. The summed E-state index contributed by atoms with van der Waals surface area (Å²) >= 11 is 0. The van der Waals surface area contributed by atoms with Gasteiger partial charge < -0.3 is 9.47 Å². The minimum atomic E-state index is -0.0211. The molecule has 0 aliphatic rings. The molecule has 1 rings (SSSR count). The molecule has 0 aliphatic carbocycles. The number of nitrogens with zero attached hydrogens (tertiary/aromatic N) is 1. The Morgan fingerprint density at radius 1 is 1.33 bits per heavy atom. The van der Waals surface area contributed by atoms with Gasteiger partial charge in [0.05, 0.1) is 12.3 Å². The van der Waals surface area contributed by atoms with Crippen LogP contribution in [0.25, 0.3) is 0 Å². The van der Waals surface area contributed by atoms with Crippen molar-refractivity contribution in [1.29, 1.82) is 0 Å². The van der Waals surface area contributed by atoms with Gasteiger partial charge in [-0.2, -0.15) is 0 Å². The first-order valence-electron chi connectivity index (χ1n) is 5.01. The highest BCUT2D eigenvalue weighted by atomic mass is 16.5. The molecular formula is C11H16NO3. The van der Waals surface area contributed by atoms with E-state index < -0.39 is 0 Å². The summed E-state index contributed by atoms with van der Waals surface area (Å²) in [5.41, 5.74) is 1.13. The lowest BCUT2D eigenvalue weighted by Gasteiger charge is -2.07. The van der Waals surface area contributed by atoms with E-state index in [9.17, 15) is 5.11 Å². The van der Waals surface area contributed by atoms with Gasteiger partial charge in [-0.15, -0.1) is 0 Å². The molecule has 4 heteroatoms. The van der Waals surface area contributed by atoms with Crippen molar-refractivity contribution in [3.05, 3.63) is 17.3 Å². The molecule has 15 heavy (non-hydrogen) atoms. The normalized spacial score (nSPS) is 10.3. The Balaban J connectivity index is 2.55. The quantitative estimate of drug-likeness (QED) is 0.700. The molecular weight excluding hydrogens is 194 g/mol. The molecule has 0 aromatic carbocycles. The molecule has 4 nitrogen and oxygen atoms in total. The van der Waals surface area contributed by atoms with Crippen LogP contribution in [0.4, 0.5) is 0 Å². The molecule has 1 aromatic rings. The van der Waals surface area contributed by atoms with Crippen molar-refractivity contribution < 1.29 is 14.6 Å². The van der Waals surface area contributed by atoms with Crippen LogP contribution < -0.4 is 4.74 Å². The van der Waals surface area contributed by atoms with Crippen molar-refractivity contribution in [2.45, 2.75) is 20.8 Å². The molecule has 0 saturated heterocycles. The van der Waals surface area contributed by atoms with Crippen LogP contribution in [0.15, 0.2) is 6.07 Å². The third-order valence-corrected chi connectivity index (χ3v) is 1.99. The van der Waals surface area contributed by atoms with Gasteiger partial charge in [-0.1, -0.05) is 0 Å². The molecule has 0 fully saturated rings. The number of aromatic nitrogens is 1. The maximum absolute atomic E-state index is 11.4. The van der Waals surface area contributed by atoms with Crippen LogP contribution in [0, 0.1) is 13.8 Å². The van der Waals surface area contributed by atoms with Crippen LogP contribution in [0.5, 0.6) is 11.6 Å². The van der Waals surface area contributed by atoms with Gasteiger partial charge in [-0.05, 0) is 20.8 Å². The largest absolute Gasteiger partial charge is 0.475 e. The van der Waals surface area contributed by atoms with E-state index in [0.717, 1.165) is 0 Å². The molecule has 1 radical (unpaired) electrons. The monoisotopic (exact) mass is 210 g/mol. The fraction of sp³-hybridized carbons (Fsp3) is 0.545. The second-order valence-electron chi connectivity index (χ2n) is 3.24. The highest BCUT2D eigenvalue weighted by molar-refractivity contribution is 5.37. The van der Waals surface area contributed by atoms with Gasteiger partial charge in [0.15, 0.2) is 0 Å². The maximum Gasteiger partial charge on any atom is 0.214 e. The molecule has 0 atom stereocenters. The molecule has 0 spiro atoms. The Bertz CT molecular complexity index is 303. The smallest absolute Gasteiger partial charge is 0.214 e. The van der Waals surface area contributed by atoms with Gasteiger partial charge in [0.25, 0.3) is 0 Å². The highest BCUT2D eigenvalue weighted by Gasteiger charge is 2.07. The van der Waals surface area contributed by atoms with Crippen molar-refractivity contribution in [2.75, 3.05) is 19.8 Å². The summed E-state index contributed by atoms with van der Waals surface area (Å²) in [6.45, 7) is 7.04. The zero-order valence-corrected chi connectivity index (χ0v) is 9.37. The molecule has 1 aromatic heterocycles. The van der Waals surface area contributed by atoms with Crippen LogP contribution in [0.3, 0.4) is 0 Å². The van der Waals surface area contributed by atoms with Crippen molar-refractivity contribution in [1.82, 2.24) is 4.98 Å². The zero-order valence-electron chi connectivity index (χ0n) is 9.37. The predicted molar refractivity (Wildman–Crippen MR) is 55.8 cm³/mol. The van der Waals surface area contributed by atoms with Crippen LogP contribution in [-0.4, -0.2) is 24.8 Å². The van der Waals surface area contributed by atoms with Crippen molar-refractivity contribution in [2.24, 2.45) is 0 Å². The summed E-state index contributed by atoms with van der Waals surface area (Å²) in [5, 5.41) is 11.4. The van der Waals surface area contributed by atoms with Gasteiger partial charge in [0.1, 0.15) is 6.61 Å². The first kappa shape index (κ1) is 11.8.